The molecule has 110 valence electrons. The van der Waals surface area contributed by atoms with Gasteiger partial charge in [-0.15, -0.1) is 0 Å². The topological polar surface area (TPSA) is 21.3 Å². The molecule has 0 saturated heterocycles. The second kappa shape index (κ2) is 6.73. The first-order valence-electron chi connectivity index (χ1n) is 8.22. The van der Waals surface area contributed by atoms with Crippen molar-refractivity contribution < 1.29 is 4.74 Å². The quantitative estimate of drug-likeness (QED) is 0.845. The molecule has 2 aliphatic carbocycles. The van der Waals surface area contributed by atoms with Crippen LogP contribution in [0.5, 0.6) is 0 Å². The molecule has 2 atom stereocenters. The largest absolute Gasteiger partial charge is 0.374 e. The standard InChI is InChI=1S/C18H27NO/c1-14-3-2-4-18(11-14)20-13-16-7-5-15(6-8-16)12-19-17-9-10-17/h5-8,14,17-19H,2-4,9-13H2,1H3. The highest BCUT2D eigenvalue weighted by Gasteiger charge is 2.20. The summed E-state index contributed by atoms with van der Waals surface area (Å²) in [4.78, 5) is 0. The molecule has 1 aromatic rings. The Labute approximate surface area is 122 Å². The minimum absolute atomic E-state index is 0.481. The van der Waals surface area contributed by atoms with Crippen LogP contribution in [0.1, 0.15) is 56.6 Å². The molecule has 0 bridgehead atoms. The molecule has 2 aliphatic rings. The minimum Gasteiger partial charge on any atom is -0.374 e. The van der Waals surface area contributed by atoms with Gasteiger partial charge in [0.1, 0.15) is 0 Å². The second-order valence-electron chi connectivity index (χ2n) is 6.68. The average Bonchev–Trinajstić information content (AvgIpc) is 3.28. The van der Waals surface area contributed by atoms with Gasteiger partial charge in [0.2, 0.25) is 0 Å². The van der Waals surface area contributed by atoms with E-state index >= 15 is 0 Å². The molecule has 20 heavy (non-hydrogen) atoms. The highest BCUT2D eigenvalue weighted by Crippen LogP contribution is 2.26. The van der Waals surface area contributed by atoms with Gasteiger partial charge in [0.05, 0.1) is 12.7 Å². The maximum Gasteiger partial charge on any atom is 0.0720 e. The SMILES string of the molecule is CC1CCCC(OCc2ccc(CNC3CC3)cc2)C1. The Kier molecular flexibility index (Phi) is 4.74. The van der Waals surface area contributed by atoms with Crippen LogP contribution in [-0.2, 0) is 17.9 Å². The van der Waals surface area contributed by atoms with Crippen LogP contribution in [0.3, 0.4) is 0 Å². The minimum atomic E-state index is 0.481. The summed E-state index contributed by atoms with van der Waals surface area (Å²) in [5.74, 6) is 0.838. The number of ether oxygens (including phenoxy) is 1. The molecule has 2 fully saturated rings. The monoisotopic (exact) mass is 273 g/mol. The number of nitrogens with one attached hydrogen (secondary N) is 1. The maximum atomic E-state index is 6.07. The molecule has 3 rings (SSSR count). The van der Waals surface area contributed by atoms with E-state index in [4.69, 9.17) is 4.74 Å². The molecule has 1 N–H and O–H groups in total. The van der Waals surface area contributed by atoms with E-state index in [1.165, 1.54) is 49.7 Å². The van der Waals surface area contributed by atoms with Gasteiger partial charge in [0.25, 0.3) is 0 Å². The summed E-state index contributed by atoms with van der Waals surface area (Å²) in [5.41, 5.74) is 2.69. The highest BCUT2D eigenvalue weighted by atomic mass is 16.5. The molecule has 0 heterocycles. The molecule has 0 amide bonds. The zero-order valence-corrected chi connectivity index (χ0v) is 12.6. The fraction of sp³-hybridized carbons (Fsp3) is 0.667. The van der Waals surface area contributed by atoms with Crippen LogP contribution < -0.4 is 5.32 Å². The van der Waals surface area contributed by atoms with Crippen LogP contribution >= 0.6 is 0 Å². The van der Waals surface area contributed by atoms with Crippen LogP contribution in [0.25, 0.3) is 0 Å². The van der Waals surface area contributed by atoms with E-state index in [9.17, 15) is 0 Å². The van der Waals surface area contributed by atoms with Crippen LogP contribution in [-0.4, -0.2) is 12.1 Å². The Morgan fingerprint density at radius 2 is 1.80 bits per heavy atom. The van der Waals surface area contributed by atoms with Crippen LogP contribution in [0, 0.1) is 5.92 Å². The molecule has 0 spiro atoms. The lowest BCUT2D eigenvalue weighted by atomic mass is 9.89. The van der Waals surface area contributed by atoms with Gasteiger partial charge in [0.15, 0.2) is 0 Å². The van der Waals surface area contributed by atoms with Crippen molar-refractivity contribution in [1.29, 1.82) is 0 Å². The number of hydrogen-bond donors (Lipinski definition) is 1. The Morgan fingerprint density at radius 3 is 2.50 bits per heavy atom. The summed E-state index contributed by atoms with van der Waals surface area (Å²) in [5, 5.41) is 3.55. The van der Waals surface area contributed by atoms with Gasteiger partial charge >= 0.3 is 0 Å². The maximum absolute atomic E-state index is 6.07. The predicted molar refractivity (Wildman–Crippen MR) is 82.5 cm³/mol. The molecular weight excluding hydrogens is 246 g/mol. The fourth-order valence-corrected chi connectivity index (χ4v) is 3.05. The van der Waals surface area contributed by atoms with Crippen LogP contribution in [0.15, 0.2) is 24.3 Å². The Bertz CT molecular complexity index is 410. The van der Waals surface area contributed by atoms with Gasteiger partial charge in [0, 0.05) is 12.6 Å². The summed E-state index contributed by atoms with van der Waals surface area (Å²) in [6, 6.07) is 9.69. The first kappa shape index (κ1) is 14.1. The fourth-order valence-electron chi connectivity index (χ4n) is 3.05. The van der Waals surface area contributed by atoms with Gasteiger partial charge in [-0.3, -0.25) is 0 Å². The van der Waals surface area contributed by atoms with Gasteiger partial charge < -0.3 is 10.1 Å². The smallest absolute Gasteiger partial charge is 0.0720 e. The third kappa shape index (κ3) is 4.32. The van der Waals surface area contributed by atoms with E-state index in [1.54, 1.807) is 0 Å². The third-order valence-electron chi connectivity index (χ3n) is 4.57. The van der Waals surface area contributed by atoms with E-state index in [2.05, 4.69) is 36.5 Å². The third-order valence-corrected chi connectivity index (χ3v) is 4.57. The van der Waals surface area contributed by atoms with E-state index in [0.717, 1.165) is 25.1 Å². The molecule has 2 unspecified atom stereocenters. The summed E-state index contributed by atoms with van der Waals surface area (Å²) < 4.78 is 6.07. The van der Waals surface area contributed by atoms with Gasteiger partial charge in [-0.05, 0) is 42.7 Å². The zero-order chi connectivity index (χ0) is 13.8. The second-order valence-corrected chi connectivity index (χ2v) is 6.68. The molecular formula is C18H27NO. The summed E-state index contributed by atoms with van der Waals surface area (Å²) >= 11 is 0. The van der Waals surface area contributed by atoms with Crippen LogP contribution in [0.2, 0.25) is 0 Å². The van der Waals surface area contributed by atoms with Crippen molar-refractivity contribution in [2.45, 2.75) is 70.7 Å². The first-order valence-corrected chi connectivity index (χ1v) is 8.22. The summed E-state index contributed by atoms with van der Waals surface area (Å²) in [7, 11) is 0. The van der Waals surface area contributed by atoms with Crippen molar-refractivity contribution in [3.63, 3.8) is 0 Å². The molecule has 1 aromatic carbocycles. The van der Waals surface area contributed by atoms with Gasteiger partial charge in [-0.2, -0.15) is 0 Å². The molecule has 0 radical (unpaired) electrons. The normalized spacial score (nSPS) is 26.6. The van der Waals surface area contributed by atoms with Crippen molar-refractivity contribution in [3.8, 4) is 0 Å². The van der Waals surface area contributed by atoms with Gasteiger partial charge in [-0.25, -0.2) is 0 Å². The first-order chi connectivity index (χ1) is 9.79. The van der Waals surface area contributed by atoms with Crippen molar-refractivity contribution >= 4 is 0 Å². The molecule has 0 aliphatic heterocycles. The predicted octanol–water partition coefficient (Wildman–Crippen LogP) is 4.03. The lowest BCUT2D eigenvalue weighted by molar-refractivity contribution is 0.00466. The molecule has 2 heteroatoms. The highest BCUT2D eigenvalue weighted by molar-refractivity contribution is 5.22. The van der Waals surface area contributed by atoms with Crippen molar-refractivity contribution in [2.24, 2.45) is 5.92 Å². The zero-order valence-electron chi connectivity index (χ0n) is 12.6. The Hall–Kier alpha value is -0.860. The van der Waals surface area contributed by atoms with E-state index in [0.29, 0.717) is 6.10 Å². The number of benzene rings is 1. The number of rotatable bonds is 6. The van der Waals surface area contributed by atoms with Crippen molar-refractivity contribution in [3.05, 3.63) is 35.4 Å². The van der Waals surface area contributed by atoms with Crippen LogP contribution in [0.4, 0.5) is 0 Å². The Morgan fingerprint density at radius 1 is 1.05 bits per heavy atom. The van der Waals surface area contributed by atoms with E-state index < -0.39 is 0 Å². The van der Waals surface area contributed by atoms with Gasteiger partial charge in [-0.1, -0.05) is 44.0 Å². The van der Waals surface area contributed by atoms with Crippen molar-refractivity contribution in [2.75, 3.05) is 0 Å². The number of hydrogen-bond acceptors (Lipinski definition) is 2. The molecule has 2 nitrogen and oxygen atoms in total. The van der Waals surface area contributed by atoms with E-state index in [-0.39, 0.29) is 0 Å². The lowest BCUT2D eigenvalue weighted by Crippen LogP contribution is -2.21. The average molecular weight is 273 g/mol. The molecule has 0 aromatic heterocycles. The summed E-state index contributed by atoms with van der Waals surface area (Å²) in [6.45, 7) is 4.12. The Balaban J connectivity index is 1.42. The lowest BCUT2D eigenvalue weighted by Gasteiger charge is -2.26. The van der Waals surface area contributed by atoms with E-state index in [1.807, 2.05) is 0 Å². The molecule has 2 saturated carbocycles. The summed E-state index contributed by atoms with van der Waals surface area (Å²) in [6.07, 6.45) is 8.38. The van der Waals surface area contributed by atoms with Crippen molar-refractivity contribution in [1.82, 2.24) is 5.32 Å².